The standard InChI is InChI=1S/C25H27ClO3/c1-17(2)5-4-6-18(3)7-13-21-24(28)16-14-22(25(21)29)23(27)15-10-19-8-11-20(26)12-9-19/h5,7-12,14-16,28-29H,4,6,13H2,1-3H3/b15-10?,18-7+. The molecule has 0 aliphatic heterocycles. The molecule has 3 nitrogen and oxygen atoms in total. The average Bonchev–Trinajstić information content (AvgIpc) is 2.67. The minimum Gasteiger partial charge on any atom is -0.508 e. The highest BCUT2D eigenvalue weighted by molar-refractivity contribution is 6.30. The van der Waals surface area contributed by atoms with E-state index in [0.717, 1.165) is 18.4 Å². The lowest BCUT2D eigenvalue weighted by atomic mass is 9.99. The molecule has 0 spiro atoms. The van der Waals surface area contributed by atoms with Gasteiger partial charge >= 0.3 is 0 Å². The maximum Gasteiger partial charge on any atom is 0.189 e. The van der Waals surface area contributed by atoms with Crippen LogP contribution in [0.15, 0.2) is 65.8 Å². The Hall–Kier alpha value is -2.78. The number of allylic oxidation sites excluding steroid dienone is 5. The maximum atomic E-state index is 12.5. The summed E-state index contributed by atoms with van der Waals surface area (Å²) in [5, 5.41) is 21.3. The highest BCUT2D eigenvalue weighted by Gasteiger charge is 2.15. The summed E-state index contributed by atoms with van der Waals surface area (Å²) < 4.78 is 0. The Balaban J connectivity index is 2.15. The van der Waals surface area contributed by atoms with Gasteiger partial charge in [-0.1, -0.05) is 53.1 Å². The van der Waals surface area contributed by atoms with Crippen LogP contribution in [0, 0.1) is 0 Å². The minimum atomic E-state index is -0.331. The van der Waals surface area contributed by atoms with Crippen molar-refractivity contribution in [3.8, 4) is 11.5 Å². The van der Waals surface area contributed by atoms with E-state index in [1.54, 1.807) is 30.3 Å². The van der Waals surface area contributed by atoms with Gasteiger partial charge in [-0.2, -0.15) is 0 Å². The summed E-state index contributed by atoms with van der Waals surface area (Å²) >= 11 is 5.86. The smallest absolute Gasteiger partial charge is 0.189 e. The molecule has 0 heterocycles. The van der Waals surface area contributed by atoms with Crippen molar-refractivity contribution in [1.82, 2.24) is 0 Å². The summed E-state index contributed by atoms with van der Waals surface area (Å²) in [4.78, 5) is 12.5. The zero-order valence-electron chi connectivity index (χ0n) is 17.1. The van der Waals surface area contributed by atoms with Crippen LogP contribution in [0.25, 0.3) is 6.08 Å². The molecule has 2 aromatic carbocycles. The Bertz CT molecular complexity index is 947. The van der Waals surface area contributed by atoms with Gasteiger partial charge in [-0.25, -0.2) is 0 Å². The zero-order valence-corrected chi connectivity index (χ0v) is 17.8. The maximum absolute atomic E-state index is 12.5. The van der Waals surface area contributed by atoms with E-state index in [2.05, 4.69) is 19.9 Å². The fourth-order valence-corrected chi connectivity index (χ4v) is 2.95. The highest BCUT2D eigenvalue weighted by Crippen LogP contribution is 2.32. The largest absolute Gasteiger partial charge is 0.508 e. The van der Waals surface area contributed by atoms with Crippen LogP contribution in [0.4, 0.5) is 0 Å². The number of carbonyl (C=O) groups is 1. The molecule has 0 unspecified atom stereocenters. The van der Waals surface area contributed by atoms with Gasteiger partial charge in [0.05, 0.1) is 5.56 Å². The Morgan fingerprint density at radius 3 is 2.34 bits per heavy atom. The second-order valence-electron chi connectivity index (χ2n) is 7.28. The van der Waals surface area contributed by atoms with Gasteiger partial charge in [0, 0.05) is 10.6 Å². The summed E-state index contributed by atoms with van der Waals surface area (Å²) in [6, 6.07) is 9.98. The van der Waals surface area contributed by atoms with Crippen LogP contribution >= 0.6 is 11.6 Å². The first kappa shape index (κ1) is 22.5. The van der Waals surface area contributed by atoms with Crippen molar-refractivity contribution in [2.45, 2.75) is 40.0 Å². The topological polar surface area (TPSA) is 57.5 Å². The first-order valence-electron chi connectivity index (χ1n) is 9.58. The number of phenols is 2. The lowest BCUT2D eigenvalue weighted by Crippen LogP contribution is -1.98. The van der Waals surface area contributed by atoms with Gasteiger partial charge < -0.3 is 10.2 Å². The molecule has 0 atom stereocenters. The second kappa shape index (κ2) is 10.7. The Labute approximate surface area is 177 Å². The lowest BCUT2D eigenvalue weighted by Gasteiger charge is -2.09. The number of hydrogen-bond donors (Lipinski definition) is 2. The van der Waals surface area contributed by atoms with Gasteiger partial charge in [-0.15, -0.1) is 0 Å². The van der Waals surface area contributed by atoms with Crippen LogP contribution < -0.4 is 0 Å². The number of hydrogen-bond acceptors (Lipinski definition) is 3. The average molecular weight is 411 g/mol. The monoisotopic (exact) mass is 410 g/mol. The van der Waals surface area contributed by atoms with Crippen molar-refractivity contribution in [1.29, 1.82) is 0 Å². The van der Waals surface area contributed by atoms with E-state index in [0.29, 0.717) is 17.0 Å². The van der Waals surface area contributed by atoms with Crippen LogP contribution in [-0.2, 0) is 6.42 Å². The van der Waals surface area contributed by atoms with Gasteiger partial charge in [0.1, 0.15) is 11.5 Å². The third kappa shape index (κ3) is 6.95. The van der Waals surface area contributed by atoms with Crippen LogP contribution in [0.2, 0.25) is 5.02 Å². The summed E-state index contributed by atoms with van der Waals surface area (Å²) in [7, 11) is 0. The van der Waals surface area contributed by atoms with E-state index >= 15 is 0 Å². The summed E-state index contributed by atoms with van der Waals surface area (Å²) in [6.45, 7) is 6.16. The predicted octanol–water partition coefficient (Wildman–Crippen LogP) is 6.88. The molecular weight excluding hydrogens is 384 g/mol. The van der Waals surface area contributed by atoms with Crippen LogP contribution in [0.5, 0.6) is 11.5 Å². The predicted molar refractivity (Wildman–Crippen MR) is 121 cm³/mol. The molecule has 0 aromatic heterocycles. The molecule has 2 aromatic rings. The molecule has 0 aliphatic carbocycles. The molecule has 2 N–H and O–H groups in total. The Morgan fingerprint density at radius 2 is 1.69 bits per heavy atom. The molecule has 4 heteroatoms. The van der Waals surface area contributed by atoms with E-state index < -0.39 is 0 Å². The van der Waals surface area contributed by atoms with Crippen LogP contribution in [0.1, 0.15) is 55.1 Å². The number of halogens is 1. The van der Waals surface area contributed by atoms with Crippen LogP contribution in [-0.4, -0.2) is 16.0 Å². The third-order valence-corrected chi connectivity index (χ3v) is 4.82. The molecule has 0 amide bonds. The van der Waals surface area contributed by atoms with Gasteiger partial charge in [0.2, 0.25) is 0 Å². The number of benzene rings is 2. The highest BCUT2D eigenvalue weighted by atomic mass is 35.5. The van der Waals surface area contributed by atoms with E-state index in [-0.39, 0.29) is 22.8 Å². The van der Waals surface area contributed by atoms with E-state index in [1.165, 1.54) is 29.4 Å². The first-order chi connectivity index (χ1) is 13.8. The number of ketones is 1. The fraction of sp³-hybridized carbons (Fsp3) is 0.240. The van der Waals surface area contributed by atoms with Gasteiger partial charge in [-0.3, -0.25) is 4.79 Å². The van der Waals surface area contributed by atoms with Gasteiger partial charge in [-0.05, 0) is 75.9 Å². The quantitative estimate of drug-likeness (QED) is 0.283. The molecule has 0 radical (unpaired) electrons. The van der Waals surface area contributed by atoms with Crippen molar-refractivity contribution in [3.05, 3.63) is 87.5 Å². The van der Waals surface area contributed by atoms with Crippen molar-refractivity contribution in [3.63, 3.8) is 0 Å². The van der Waals surface area contributed by atoms with Crippen molar-refractivity contribution >= 4 is 23.5 Å². The number of aromatic hydroxyl groups is 2. The molecule has 0 saturated carbocycles. The summed E-state index contributed by atoms with van der Waals surface area (Å²) in [5.74, 6) is -0.527. The molecule has 2 rings (SSSR count). The summed E-state index contributed by atoms with van der Waals surface area (Å²) in [5.41, 5.74) is 3.80. The van der Waals surface area contributed by atoms with E-state index in [1.807, 2.05) is 13.0 Å². The van der Waals surface area contributed by atoms with Crippen LogP contribution in [0.3, 0.4) is 0 Å². The molecule has 152 valence electrons. The third-order valence-electron chi connectivity index (χ3n) is 4.57. The van der Waals surface area contributed by atoms with E-state index in [9.17, 15) is 15.0 Å². The number of rotatable bonds is 8. The zero-order chi connectivity index (χ0) is 21.4. The lowest BCUT2D eigenvalue weighted by molar-refractivity contribution is 0.104. The molecule has 0 fully saturated rings. The fourth-order valence-electron chi connectivity index (χ4n) is 2.83. The van der Waals surface area contributed by atoms with Gasteiger partial charge in [0.15, 0.2) is 5.78 Å². The Morgan fingerprint density at radius 1 is 1.00 bits per heavy atom. The number of phenolic OH excluding ortho intramolecular Hbond substituents is 2. The normalized spacial score (nSPS) is 11.7. The molecule has 0 bridgehead atoms. The van der Waals surface area contributed by atoms with Gasteiger partial charge in [0.25, 0.3) is 0 Å². The molecule has 29 heavy (non-hydrogen) atoms. The minimum absolute atomic E-state index is 0.0194. The second-order valence-corrected chi connectivity index (χ2v) is 7.72. The molecular formula is C25H27ClO3. The first-order valence-corrected chi connectivity index (χ1v) is 9.96. The van der Waals surface area contributed by atoms with E-state index in [4.69, 9.17) is 11.6 Å². The Kier molecular flexibility index (Phi) is 8.29. The van der Waals surface area contributed by atoms with Crippen molar-refractivity contribution in [2.24, 2.45) is 0 Å². The van der Waals surface area contributed by atoms with Crippen molar-refractivity contribution < 1.29 is 15.0 Å². The summed E-state index contributed by atoms with van der Waals surface area (Å²) in [6.07, 6.45) is 9.45. The number of carbonyl (C=O) groups excluding carboxylic acids is 1. The van der Waals surface area contributed by atoms with Crippen molar-refractivity contribution in [2.75, 3.05) is 0 Å². The molecule has 0 aliphatic rings. The molecule has 0 saturated heterocycles. The SMILES string of the molecule is CC(C)=CCC/C(C)=C/Cc1c(O)ccc(C(=O)C=Cc2ccc(Cl)cc2)c1O.